The predicted octanol–water partition coefficient (Wildman–Crippen LogP) is 5.61. The molecule has 0 heterocycles. The lowest BCUT2D eigenvalue weighted by molar-refractivity contribution is 0.405. The van der Waals surface area contributed by atoms with Crippen LogP contribution in [0, 0.1) is 11.6 Å². The SMILES string of the molecule is COc1cc(F)c(C(Cl)c2cccc(Cl)c2Cl)c(F)c1. The van der Waals surface area contributed by atoms with Crippen molar-refractivity contribution in [3.63, 3.8) is 0 Å². The third-order valence-corrected chi connectivity index (χ3v) is 4.08. The maximum Gasteiger partial charge on any atom is 0.134 e. The van der Waals surface area contributed by atoms with Crippen molar-refractivity contribution in [2.75, 3.05) is 7.11 Å². The first-order chi connectivity index (χ1) is 9.45. The van der Waals surface area contributed by atoms with Gasteiger partial charge < -0.3 is 4.74 Å². The van der Waals surface area contributed by atoms with Crippen molar-refractivity contribution in [2.45, 2.75) is 5.38 Å². The first-order valence-corrected chi connectivity index (χ1v) is 6.75. The van der Waals surface area contributed by atoms with Crippen LogP contribution in [0.1, 0.15) is 16.5 Å². The van der Waals surface area contributed by atoms with Gasteiger partial charge in [0.25, 0.3) is 0 Å². The maximum absolute atomic E-state index is 14.0. The summed E-state index contributed by atoms with van der Waals surface area (Å²) in [5.74, 6) is -1.54. The normalized spacial score (nSPS) is 12.3. The highest BCUT2D eigenvalue weighted by Gasteiger charge is 2.23. The van der Waals surface area contributed by atoms with Crippen LogP contribution in [0.15, 0.2) is 30.3 Å². The summed E-state index contributed by atoms with van der Waals surface area (Å²) in [6, 6.07) is 6.86. The highest BCUT2D eigenvalue weighted by atomic mass is 35.5. The Hall–Kier alpha value is -1.03. The molecule has 0 amide bonds. The lowest BCUT2D eigenvalue weighted by Crippen LogP contribution is -2.03. The van der Waals surface area contributed by atoms with E-state index in [1.54, 1.807) is 18.2 Å². The molecule has 0 aromatic heterocycles. The Bertz CT molecular complexity index is 623. The molecule has 20 heavy (non-hydrogen) atoms. The fraction of sp³-hybridized carbons (Fsp3) is 0.143. The zero-order valence-corrected chi connectivity index (χ0v) is 12.5. The Morgan fingerprint density at radius 2 is 1.70 bits per heavy atom. The second-order valence-electron chi connectivity index (χ2n) is 4.01. The molecular formula is C14H9Cl3F2O. The summed E-state index contributed by atoms with van der Waals surface area (Å²) in [7, 11) is 1.32. The Morgan fingerprint density at radius 3 is 2.25 bits per heavy atom. The Labute approximate surface area is 130 Å². The van der Waals surface area contributed by atoms with Gasteiger partial charge in [0.15, 0.2) is 0 Å². The number of hydrogen-bond donors (Lipinski definition) is 0. The topological polar surface area (TPSA) is 9.23 Å². The van der Waals surface area contributed by atoms with Gasteiger partial charge in [0.2, 0.25) is 0 Å². The minimum absolute atomic E-state index is 0.0739. The fourth-order valence-corrected chi connectivity index (χ4v) is 2.66. The molecule has 106 valence electrons. The fourth-order valence-electron chi connectivity index (χ4n) is 1.79. The monoisotopic (exact) mass is 336 g/mol. The molecule has 1 nitrogen and oxygen atoms in total. The van der Waals surface area contributed by atoms with Crippen molar-refractivity contribution in [1.82, 2.24) is 0 Å². The molecule has 0 bridgehead atoms. The van der Waals surface area contributed by atoms with Gasteiger partial charge in [-0.15, -0.1) is 11.6 Å². The van der Waals surface area contributed by atoms with Crippen molar-refractivity contribution in [3.05, 3.63) is 63.1 Å². The molecule has 0 saturated heterocycles. The first-order valence-electron chi connectivity index (χ1n) is 5.56. The summed E-state index contributed by atoms with van der Waals surface area (Å²) < 4.78 is 32.8. The average molecular weight is 338 g/mol. The van der Waals surface area contributed by atoms with Crippen molar-refractivity contribution in [3.8, 4) is 5.75 Å². The summed E-state index contributed by atoms with van der Waals surface area (Å²) in [4.78, 5) is 0. The summed E-state index contributed by atoms with van der Waals surface area (Å²) in [5, 5.41) is -0.653. The van der Waals surface area contributed by atoms with Crippen LogP contribution in [-0.4, -0.2) is 7.11 Å². The summed E-state index contributed by atoms with van der Waals surface area (Å²) in [6.45, 7) is 0. The molecule has 2 rings (SSSR count). The Kier molecular flexibility index (Phi) is 4.74. The molecule has 1 atom stereocenters. The summed E-state index contributed by atoms with van der Waals surface area (Å²) >= 11 is 18.0. The van der Waals surface area contributed by atoms with Gasteiger partial charge in [-0.25, -0.2) is 8.78 Å². The average Bonchev–Trinajstić information content (AvgIpc) is 2.40. The number of ether oxygens (including phenoxy) is 1. The van der Waals surface area contributed by atoms with Gasteiger partial charge >= 0.3 is 0 Å². The zero-order valence-electron chi connectivity index (χ0n) is 10.3. The molecule has 0 aliphatic rings. The molecule has 0 saturated carbocycles. The van der Waals surface area contributed by atoms with Gasteiger partial charge in [-0.1, -0.05) is 35.3 Å². The van der Waals surface area contributed by atoms with Gasteiger partial charge in [-0.2, -0.15) is 0 Å². The van der Waals surface area contributed by atoms with E-state index in [4.69, 9.17) is 39.5 Å². The molecule has 0 radical (unpaired) electrons. The van der Waals surface area contributed by atoms with E-state index in [-0.39, 0.29) is 21.4 Å². The number of alkyl halides is 1. The number of halogens is 5. The predicted molar refractivity (Wildman–Crippen MR) is 77.1 cm³/mol. The third-order valence-electron chi connectivity index (χ3n) is 2.80. The highest BCUT2D eigenvalue weighted by molar-refractivity contribution is 6.43. The lowest BCUT2D eigenvalue weighted by atomic mass is 10.0. The van der Waals surface area contributed by atoms with Crippen molar-refractivity contribution in [2.24, 2.45) is 0 Å². The standard InChI is InChI=1S/C14H9Cl3F2O/c1-20-7-5-10(18)12(11(19)6-7)14(17)8-3-2-4-9(15)13(8)16/h2-6,14H,1H3. The molecule has 0 fully saturated rings. The smallest absolute Gasteiger partial charge is 0.134 e. The van der Waals surface area contributed by atoms with Crippen LogP contribution in [0.3, 0.4) is 0 Å². The largest absolute Gasteiger partial charge is 0.497 e. The molecule has 0 aliphatic carbocycles. The molecule has 1 unspecified atom stereocenters. The summed E-state index contributed by atoms with van der Waals surface area (Å²) in [5.41, 5.74) is 0.0421. The summed E-state index contributed by atoms with van der Waals surface area (Å²) in [6.07, 6.45) is 0. The van der Waals surface area contributed by atoms with Crippen LogP contribution in [0.25, 0.3) is 0 Å². The quantitative estimate of drug-likeness (QED) is 0.662. The number of methoxy groups -OCH3 is 1. The van der Waals surface area contributed by atoms with Crippen molar-refractivity contribution in [1.29, 1.82) is 0 Å². The second-order valence-corrected chi connectivity index (χ2v) is 5.23. The van der Waals surface area contributed by atoms with Crippen LogP contribution < -0.4 is 4.74 Å². The van der Waals surface area contributed by atoms with Crippen molar-refractivity contribution >= 4 is 34.8 Å². The second kappa shape index (κ2) is 6.17. The van der Waals surface area contributed by atoms with Gasteiger partial charge in [0.05, 0.1) is 22.5 Å². The van der Waals surface area contributed by atoms with E-state index < -0.39 is 17.0 Å². The molecular weight excluding hydrogens is 329 g/mol. The van der Waals surface area contributed by atoms with E-state index in [0.29, 0.717) is 5.56 Å². The molecule has 0 N–H and O–H groups in total. The molecule has 2 aromatic rings. The Balaban J connectivity index is 2.54. The van der Waals surface area contributed by atoms with Crippen molar-refractivity contribution < 1.29 is 13.5 Å². The van der Waals surface area contributed by atoms with E-state index in [0.717, 1.165) is 12.1 Å². The van der Waals surface area contributed by atoms with Crippen LogP contribution in [0.4, 0.5) is 8.78 Å². The highest BCUT2D eigenvalue weighted by Crippen LogP contribution is 2.39. The van der Waals surface area contributed by atoms with Crippen LogP contribution in [0.2, 0.25) is 10.0 Å². The van der Waals surface area contributed by atoms with Gasteiger partial charge in [0, 0.05) is 17.7 Å². The molecule has 0 spiro atoms. The van der Waals surface area contributed by atoms with Crippen LogP contribution >= 0.6 is 34.8 Å². The van der Waals surface area contributed by atoms with E-state index in [1.807, 2.05) is 0 Å². The van der Waals surface area contributed by atoms with E-state index >= 15 is 0 Å². The lowest BCUT2D eigenvalue weighted by Gasteiger charge is -2.15. The van der Waals surface area contributed by atoms with E-state index in [1.165, 1.54) is 7.11 Å². The molecule has 0 aliphatic heterocycles. The minimum atomic E-state index is -1.09. The number of rotatable bonds is 3. The zero-order chi connectivity index (χ0) is 14.9. The van der Waals surface area contributed by atoms with Gasteiger partial charge in [-0.05, 0) is 11.6 Å². The Morgan fingerprint density at radius 1 is 1.10 bits per heavy atom. The third kappa shape index (κ3) is 2.85. The van der Waals surface area contributed by atoms with Gasteiger partial charge in [0.1, 0.15) is 17.4 Å². The van der Waals surface area contributed by atoms with Crippen LogP contribution in [0.5, 0.6) is 5.75 Å². The maximum atomic E-state index is 14.0. The van der Waals surface area contributed by atoms with E-state index in [2.05, 4.69) is 0 Å². The molecule has 6 heteroatoms. The number of hydrogen-bond acceptors (Lipinski definition) is 1. The minimum Gasteiger partial charge on any atom is -0.497 e. The molecule has 2 aromatic carbocycles. The first kappa shape index (κ1) is 15.4. The van der Waals surface area contributed by atoms with Crippen LogP contribution in [-0.2, 0) is 0 Å². The number of benzene rings is 2. The van der Waals surface area contributed by atoms with Gasteiger partial charge in [-0.3, -0.25) is 0 Å². The van der Waals surface area contributed by atoms with E-state index in [9.17, 15) is 8.78 Å².